The third-order valence-electron chi connectivity index (χ3n) is 3.28. The highest BCUT2D eigenvalue weighted by molar-refractivity contribution is 6.00. The summed E-state index contributed by atoms with van der Waals surface area (Å²) in [6, 6.07) is 7.45. The molecular weight excluding hydrogens is 240 g/mol. The van der Waals surface area contributed by atoms with Crippen molar-refractivity contribution in [3.8, 4) is 11.5 Å². The Kier molecular flexibility index (Phi) is 2.93. The van der Waals surface area contributed by atoms with Gasteiger partial charge in [-0.15, -0.1) is 10.2 Å². The molecule has 98 valence electrons. The molecule has 1 fully saturated rings. The van der Waals surface area contributed by atoms with Gasteiger partial charge in [-0.25, -0.2) is 0 Å². The van der Waals surface area contributed by atoms with E-state index >= 15 is 0 Å². The standard InChI is InChI=1S/C15H16N2O2/c1-9(2)14-16-17-15(19-14)12-5-3-4-11(8-12)13(18)10-6-7-10/h3-5,8-10H,6-7H2,1-2H3. The molecule has 1 aliphatic rings. The molecule has 4 heteroatoms. The van der Waals surface area contributed by atoms with Gasteiger partial charge in [-0.2, -0.15) is 0 Å². The van der Waals surface area contributed by atoms with Gasteiger partial charge < -0.3 is 4.42 Å². The number of Topliss-reactive ketones (excluding diaryl/α,β-unsaturated/α-hetero) is 1. The van der Waals surface area contributed by atoms with Gasteiger partial charge in [0.05, 0.1) is 0 Å². The van der Waals surface area contributed by atoms with Crippen molar-refractivity contribution in [2.45, 2.75) is 32.6 Å². The number of rotatable bonds is 4. The third-order valence-corrected chi connectivity index (χ3v) is 3.28. The Morgan fingerprint density at radius 1 is 1.32 bits per heavy atom. The minimum absolute atomic E-state index is 0.206. The maximum atomic E-state index is 12.0. The van der Waals surface area contributed by atoms with E-state index in [1.165, 1.54) is 0 Å². The summed E-state index contributed by atoms with van der Waals surface area (Å²) >= 11 is 0. The molecule has 0 aliphatic heterocycles. The van der Waals surface area contributed by atoms with E-state index < -0.39 is 0 Å². The van der Waals surface area contributed by atoms with Crippen molar-refractivity contribution in [1.82, 2.24) is 10.2 Å². The van der Waals surface area contributed by atoms with Crippen LogP contribution in [0, 0.1) is 5.92 Å². The number of carbonyl (C=O) groups is 1. The van der Waals surface area contributed by atoms with Gasteiger partial charge in [0.15, 0.2) is 5.78 Å². The molecule has 3 rings (SSSR count). The van der Waals surface area contributed by atoms with Crippen LogP contribution in [0.25, 0.3) is 11.5 Å². The average molecular weight is 256 g/mol. The van der Waals surface area contributed by atoms with Gasteiger partial charge in [0.25, 0.3) is 0 Å². The van der Waals surface area contributed by atoms with Crippen molar-refractivity contribution in [3.05, 3.63) is 35.7 Å². The van der Waals surface area contributed by atoms with Crippen molar-refractivity contribution in [1.29, 1.82) is 0 Å². The summed E-state index contributed by atoms with van der Waals surface area (Å²) < 4.78 is 5.61. The van der Waals surface area contributed by atoms with E-state index in [-0.39, 0.29) is 17.6 Å². The summed E-state index contributed by atoms with van der Waals surface area (Å²) in [6.07, 6.45) is 2.03. The topological polar surface area (TPSA) is 56.0 Å². The van der Waals surface area contributed by atoms with Crippen LogP contribution >= 0.6 is 0 Å². The molecule has 0 unspecified atom stereocenters. The normalized spacial score (nSPS) is 14.9. The Morgan fingerprint density at radius 3 is 2.74 bits per heavy atom. The van der Waals surface area contributed by atoms with Crippen LogP contribution in [-0.2, 0) is 0 Å². The van der Waals surface area contributed by atoms with Crippen molar-refractivity contribution in [2.24, 2.45) is 5.92 Å². The molecule has 1 heterocycles. The fraction of sp³-hybridized carbons (Fsp3) is 0.400. The molecule has 1 saturated carbocycles. The molecule has 0 spiro atoms. The molecule has 0 radical (unpaired) electrons. The number of ketones is 1. The molecule has 0 N–H and O–H groups in total. The number of benzene rings is 1. The first-order valence-corrected chi connectivity index (χ1v) is 6.63. The van der Waals surface area contributed by atoms with Gasteiger partial charge >= 0.3 is 0 Å². The van der Waals surface area contributed by atoms with Crippen LogP contribution in [0.15, 0.2) is 28.7 Å². The Balaban J connectivity index is 1.91. The second-order valence-corrected chi connectivity index (χ2v) is 5.32. The Morgan fingerprint density at radius 2 is 2.11 bits per heavy atom. The zero-order valence-corrected chi connectivity index (χ0v) is 11.1. The zero-order valence-electron chi connectivity index (χ0n) is 11.1. The summed E-state index contributed by atoms with van der Waals surface area (Å²) in [7, 11) is 0. The van der Waals surface area contributed by atoms with E-state index in [1.54, 1.807) is 0 Å². The van der Waals surface area contributed by atoms with Gasteiger partial charge in [0.2, 0.25) is 11.8 Å². The lowest BCUT2D eigenvalue weighted by Crippen LogP contribution is -2.00. The quantitative estimate of drug-likeness (QED) is 0.786. The van der Waals surface area contributed by atoms with Crippen molar-refractivity contribution < 1.29 is 9.21 Å². The largest absolute Gasteiger partial charge is 0.420 e. The Hall–Kier alpha value is -1.97. The lowest BCUT2D eigenvalue weighted by atomic mass is 10.0. The first-order valence-electron chi connectivity index (χ1n) is 6.63. The fourth-order valence-corrected chi connectivity index (χ4v) is 1.97. The highest BCUT2D eigenvalue weighted by Crippen LogP contribution is 2.33. The SMILES string of the molecule is CC(C)c1nnc(-c2cccc(C(=O)C3CC3)c2)o1. The molecule has 1 aliphatic carbocycles. The molecule has 0 saturated heterocycles. The second kappa shape index (κ2) is 4.61. The number of carbonyl (C=O) groups excluding carboxylic acids is 1. The lowest BCUT2D eigenvalue weighted by Gasteiger charge is -2.01. The van der Waals surface area contributed by atoms with E-state index in [1.807, 2.05) is 38.1 Å². The van der Waals surface area contributed by atoms with Gasteiger partial charge in [-0.05, 0) is 25.0 Å². The van der Waals surface area contributed by atoms with Crippen LogP contribution in [0.3, 0.4) is 0 Å². The molecule has 4 nitrogen and oxygen atoms in total. The van der Waals surface area contributed by atoms with Gasteiger partial charge in [-0.1, -0.05) is 26.0 Å². The predicted molar refractivity (Wildman–Crippen MR) is 70.9 cm³/mol. The van der Waals surface area contributed by atoms with Crippen molar-refractivity contribution in [2.75, 3.05) is 0 Å². The van der Waals surface area contributed by atoms with Crippen LogP contribution in [0.1, 0.15) is 48.9 Å². The van der Waals surface area contributed by atoms with E-state index in [0.29, 0.717) is 11.8 Å². The van der Waals surface area contributed by atoms with Crippen LogP contribution in [-0.4, -0.2) is 16.0 Å². The van der Waals surface area contributed by atoms with Crippen LogP contribution in [0.4, 0.5) is 0 Å². The molecule has 0 amide bonds. The monoisotopic (exact) mass is 256 g/mol. The number of hydrogen-bond acceptors (Lipinski definition) is 4. The molecule has 2 aromatic rings. The molecule has 1 aromatic heterocycles. The fourth-order valence-electron chi connectivity index (χ4n) is 1.97. The van der Waals surface area contributed by atoms with Crippen LogP contribution in [0.2, 0.25) is 0 Å². The van der Waals surface area contributed by atoms with Gasteiger partial charge in [0.1, 0.15) is 0 Å². The minimum atomic E-state index is 0.206. The summed E-state index contributed by atoms with van der Waals surface area (Å²) in [6.45, 7) is 4.01. The van der Waals surface area contributed by atoms with Crippen molar-refractivity contribution in [3.63, 3.8) is 0 Å². The second-order valence-electron chi connectivity index (χ2n) is 5.32. The molecular formula is C15H16N2O2. The zero-order chi connectivity index (χ0) is 13.4. The van der Waals surface area contributed by atoms with Crippen LogP contribution in [0.5, 0.6) is 0 Å². The molecule has 1 aromatic carbocycles. The van der Waals surface area contributed by atoms with E-state index in [4.69, 9.17) is 4.42 Å². The average Bonchev–Trinajstić information content (AvgIpc) is 3.14. The highest BCUT2D eigenvalue weighted by atomic mass is 16.4. The summed E-state index contributed by atoms with van der Waals surface area (Å²) in [5.41, 5.74) is 1.55. The smallest absolute Gasteiger partial charge is 0.247 e. The molecule has 0 atom stereocenters. The van der Waals surface area contributed by atoms with Gasteiger partial charge in [0, 0.05) is 23.0 Å². The first kappa shape index (κ1) is 12.1. The number of nitrogens with zero attached hydrogens (tertiary/aromatic N) is 2. The Labute approximate surface area is 111 Å². The molecule has 19 heavy (non-hydrogen) atoms. The van der Waals surface area contributed by atoms with Crippen LogP contribution < -0.4 is 0 Å². The van der Waals surface area contributed by atoms with E-state index in [9.17, 15) is 4.79 Å². The summed E-state index contributed by atoms with van der Waals surface area (Å²) in [4.78, 5) is 12.0. The highest BCUT2D eigenvalue weighted by Gasteiger charge is 2.30. The number of hydrogen-bond donors (Lipinski definition) is 0. The minimum Gasteiger partial charge on any atom is -0.420 e. The van der Waals surface area contributed by atoms with Gasteiger partial charge in [-0.3, -0.25) is 4.79 Å². The number of aromatic nitrogens is 2. The maximum absolute atomic E-state index is 12.0. The molecule has 0 bridgehead atoms. The predicted octanol–water partition coefficient (Wildman–Crippen LogP) is 3.45. The summed E-state index contributed by atoms with van der Waals surface area (Å²) in [5.74, 6) is 1.76. The maximum Gasteiger partial charge on any atom is 0.247 e. The summed E-state index contributed by atoms with van der Waals surface area (Å²) in [5, 5.41) is 8.05. The lowest BCUT2D eigenvalue weighted by molar-refractivity contribution is 0.0967. The van der Waals surface area contributed by atoms with Crippen molar-refractivity contribution >= 4 is 5.78 Å². The third kappa shape index (κ3) is 2.43. The first-order chi connectivity index (χ1) is 9.15. The van der Waals surface area contributed by atoms with E-state index in [2.05, 4.69) is 10.2 Å². The Bertz CT molecular complexity index is 612. The van der Waals surface area contributed by atoms with E-state index in [0.717, 1.165) is 24.0 Å².